The number of fused-ring (bicyclic) bond motifs is 1. The Bertz CT molecular complexity index is 647. The number of hydrogen-bond donors (Lipinski definition) is 1. The van der Waals surface area contributed by atoms with Crippen molar-refractivity contribution >= 4 is 15.9 Å². The van der Waals surface area contributed by atoms with Crippen molar-refractivity contribution < 1.29 is 8.78 Å². The first-order chi connectivity index (χ1) is 10.1. The smallest absolute Gasteiger partial charge is 0.145 e. The Morgan fingerprint density at radius 3 is 2.29 bits per heavy atom. The first kappa shape index (κ1) is 14.7. The van der Waals surface area contributed by atoms with Gasteiger partial charge in [0.15, 0.2) is 0 Å². The summed E-state index contributed by atoms with van der Waals surface area (Å²) in [6.45, 7) is 0. The highest BCUT2D eigenvalue weighted by Gasteiger charge is 2.32. The maximum absolute atomic E-state index is 14.4. The molecule has 1 aliphatic carbocycles. The Labute approximate surface area is 131 Å². The lowest BCUT2D eigenvalue weighted by atomic mass is 9.90. The first-order valence-electron chi connectivity index (χ1n) is 6.99. The van der Waals surface area contributed by atoms with Crippen molar-refractivity contribution in [2.24, 2.45) is 5.92 Å². The molecule has 1 nitrogen and oxygen atoms in total. The summed E-state index contributed by atoms with van der Waals surface area (Å²) in [5.41, 5.74) is 2.68. The van der Waals surface area contributed by atoms with E-state index in [4.69, 9.17) is 0 Å². The largest absolute Gasteiger partial charge is 0.313 e. The molecule has 21 heavy (non-hydrogen) atoms. The lowest BCUT2D eigenvalue weighted by molar-refractivity contribution is 0.368. The van der Waals surface area contributed by atoms with Gasteiger partial charge < -0.3 is 5.32 Å². The Hall–Kier alpha value is -1.26. The van der Waals surface area contributed by atoms with Crippen LogP contribution in [0.15, 0.2) is 40.9 Å². The van der Waals surface area contributed by atoms with Crippen LogP contribution in [-0.2, 0) is 12.8 Å². The fourth-order valence-electron chi connectivity index (χ4n) is 3.27. The fraction of sp³-hybridized carbons (Fsp3) is 0.294. The molecule has 4 heteroatoms. The molecule has 0 aromatic heterocycles. The molecule has 1 unspecified atom stereocenters. The molecule has 0 aliphatic heterocycles. The second kappa shape index (κ2) is 5.85. The minimum absolute atomic E-state index is 0.129. The normalized spacial score (nSPS) is 16.0. The van der Waals surface area contributed by atoms with E-state index in [0.717, 1.165) is 12.8 Å². The average Bonchev–Trinajstić information content (AvgIpc) is 2.91. The van der Waals surface area contributed by atoms with Crippen molar-refractivity contribution in [3.8, 4) is 0 Å². The van der Waals surface area contributed by atoms with E-state index in [1.165, 1.54) is 23.3 Å². The summed E-state index contributed by atoms with van der Waals surface area (Å²) in [6, 6.07) is 10.6. The van der Waals surface area contributed by atoms with E-state index in [0.29, 0.717) is 4.47 Å². The molecular weight excluding hydrogens is 336 g/mol. The average molecular weight is 352 g/mol. The van der Waals surface area contributed by atoms with Gasteiger partial charge in [0, 0.05) is 11.6 Å². The minimum Gasteiger partial charge on any atom is -0.313 e. The van der Waals surface area contributed by atoms with E-state index in [2.05, 4.69) is 33.4 Å². The Morgan fingerprint density at radius 2 is 1.71 bits per heavy atom. The summed E-state index contributed by atoms with van der Waals surface area (Å²) in [5, 5.41) is 3.10. The van der Waals surface area contributed by atoms with Crippen LogP contribution in [0.5, 0.6) is 0 Å². The van der Waals surface area contributed by atoms with Gasteiger partial charge in [-0.05, 0) is 65.0 Å². The van der Waals surface area contributed by atoms with Crippen molar-refractivity contribution in [1.82, 2.24) is 5.32 Å². The third kappa shape index (κ3) is 2.62. The van der Waals surface area contributed by atoms with Crippen molar-refractivity contribution in [3.05, 3.63) is 69.2 Å². The van der Waals surface area contributed by atoms with E-state index in [-0.39, 0.29) is 17.5 Å². The van der Waals surface area contributed by atoms with E-state index in [1.807, 2.05) is 12.1 Å². The predicted molar refractivity (Wildman–Crippen MR) is 83.2 cm³/mol. The van der Waals surface area contributed by atoms with E-state index in [1.54, 1.807) is 7.05 Å². The van der Waals surface area contributed by atoms with Gasteiger partial charge in [-0.1, -0.05) is 24.3 Å². The lowest BCUT2D eigenvalue weighted by Gasteiger charge is -2.24. The molecule has 0 amide bonds. The maximum Gasteiger partial charge on any atom is 0.145 e. The number of hydrogen-bond acceptors (Lipinski definition) is 1. The van der Waals surface area contributed by atoms with Gasteiger partial charge in [0.05, 0.1) is 4.47 Å². The standard InChI is InChI=1S/C17H16BrF2N/c1-21-17(15-14(19)7-6-13(18)16(15)20)12-8-10-4-2-3-5-11(10)9-12/h2-7,12,17,21H,8-9H2,1H3. The maximum atomic E-state index is 14.4. The Balaban J connectivity index is 1.96. The van der Waals surface area contributed by atoms with Crippen LogP contribution in [0.25, 0.3) is 0 Å². The van der Waals surface area contributed by atoms with E-state index in [9.17, 15) is 8.78 Å². The third-order valence-electron chi connectivity index (χ3n) is 4.26. The van der Waals surface area contributed by atoms with Gasteiger partial charge in [0.1, 0.15) is 11.6 Å². The van der Waals surface area contributed by atoms with Crippen LogP contribution in [0.3, 0.4) is 0 Å². The van der Waals surface area contributed by atoms with Gasteiger partial charge in [-0.2, -0.15) is 0 Å². The molecule has 1 atom stereocenters. The molecule has 1 aliphatic rings. The molecule has 0 saturated heterocycles. The molecule has 1 N–H and O–H groups in total. The van der Waals surface area contributed by atoms with Gasteiger partial charge in [0.2, 0.25) is 0 Å². The van der Waals surface area contributed by atoms with Crippen LogP contribution in [0, 0.1) is 17.6 Å². The molecule has 0 radical (unpaired) electrons. The molecule has 2 aromatic carbocycles. The summed E-state index contributed by atoms with van der Waals surface area (Å²) in [7, 11) is 1.76. The van der Waals surface area contributed by atoms with E-state index >= 15 is 0 Å². The van der Waals surface area contributed by atoms with Crippen molar-refractivity contribution in [1.29, 1.82) is 0 Å². The van der Waals surface area contributed by atoms with Crippen molar-refractivity contribution in [2.45, 2.75) is 18.9 Å². The van der Waals surface area contributed by atoms with Crippen molar-refractivity contribution in [2.75, 3.05) is 7.05 Å². The second-order valence-electron chi connectivity index (χ2n) is 5.46. The first-order valence-corrected chi connectivity index (χ1v) is 7.78. The zero-order valence-corrected chi connectivity index (χ0v) is 13.3. The molecule has 0 fully saturated rings. The van der Waals surface area contributed by atoms with Gasteiger partial charge in [-0.3, -0.25) is 0 Å². The molecule has 0 heterocycles. The highest BCUT2D eigenvalue weighted by molar-refractivity contribution is 9.10. The van der Waals surface area contributed by atoms with Gasteiger partial charge in [-0.15, -0.1) is 0 Å². The Kier molecular flexibility index (Phi) is 4.09. The molecule has 2 aromatic rings. The van der Waals surface area contributed by atoms with Crippen LogP contribution in [0.1, 0.15) is 22.7 Å². The zero-order chi connectivity index (χ0) is 15.0. The predicted octanol–water partition coefficient (Wildman–Crippen LogP) is 4.40. The fourth-order valence-corrected chi connectivity index (χ4v) is 3.62. The quantitative estimate of drug-likeness (QED) is 0.808. The van der Waals surface area contributed by atoms with Gasteiger partial charge in [-0.25, -0.2) is 8.78 Å². The molecule has 0 spiro atoms. The molecule has 0 saturated carbocycles. The summed E-state index contributed by atoms with van der Waals surface area (Å²) in [5.74, 6) is -0.845. The summed E-state index contributed by atoms with van der Waals surface area (Å²) < 4.78 is 28.8. The van der Waals surface area contributed by atoms with Crippen LogP contribution in [-0.4, -0.2) is 7.05 Å². The van der Waals surface area contributed by atoms with Crippen LogP contribution in [0.4, 0.5) is 8.78 Å². The molecule has 0 bridgehead atoms. The summed E-state index contributed by atoms with van der Waals surface area (Å²) >= 11 is 3.15. The third-order valence-corrected chi connectivity index (χ3v) is 4.87. The van der Waals surface area contributed by atoms with Crippen LogP contribution in [0.2, 0.25) is 0 Å². The highest BCUT2D eigenvalue weighted by atomic mass is 79.9. The van der Waals surface area contributed by atoms with Crippen LogP contribution >= 0.6 is 15.9 Å². The number of halogens is 3. The number of benzene rings is 2. The Morgan fingerprint density at radius 1 is 1.10 bits per heavy atom. The van der Waals surface area contributed by atoms with Gasteiger partial charge in [0.25, 0.3) is 0 Å². The summed E-state index contributed by atoms with van der Waals surface area (Å²) in [6.07, 6.45) is 1.68. The number of nitrogens with one attached hydrogen (secondary N) is 1. The summed E-state index contributed by atoms with van der Waals surface area (Å²) in [4.78, 5) is 0. The molecule has 3 rings (SSSR count). The highest BCUT2D eigenvalue weighted by Crippen LogP contribution is 2.38. The molecular formula is C17H16BrF2N. The number of rotatable bonds is 3. The van der Waals surface area contributed by atoms with Crippen LogP contribution < -0.4 is 5.32 Å². The van der Waals surface area contributed by atoms with E-state index < -0.39 is 11.6 Å². The van der Waals surface area contributed by atoms with Crippen molar-refractivity contribution in [3.63, 3.8) is 0 Å². The second-order valence-corrected chi connectivity index (χ2v) is 6.31. The zero-order valence-electron chi connectivity index (χ0n) is 11.7. The van der Waals surface area contributed by atoms with Gasteiger partial charge >= 0.3 is 0 Å². The molecule has 110 valence electrons. The SMILES string of the molecule is CNC(c1c(F)ccc(Br)c1F)C1Cc2ccccc2C1. The topological polar surface area (TPSA) is 12.0 Å². The monoisotopic (exact) mass is 351 g/mol. The minimum atomic E-state index is -0.509. The lowest BCUT2D eigenvalue weighted by Crippen LogP contribution is -2.28.